The van der Waals surface area contributed by atoms with Crippen LogP contribution in [0.1, 0.15) is 32.1 Å². The maximum Gasteiger partial charge on any atom is 0.305 e. The molecule has 1 aliphatic rings. The highest BCUT2D eigenvalue weighted by atomic mass is 16.5. The lowest BCUT2D eigenvalue weighted by Gasteiger charge is -2.28. The average molecular weight is 444 g/mol. The molecule has 3 aromatic heterocycles. The predicted octanol–water partition coefficient (Wildman–Crippen LogP) is 4.58. The maximum absolute atomic E-state index is 11.5. The molecule has 1 aliphatic carbocycles. The number of hydrogen-bond donors (Lipinski definition) is 1. The van der Waals surface area contributed by atoms with E-state index in [-0.39, 0.29) is 12.1 Å². The number of pyridine rings is 1. The van der Waals surface area contributed by atoms with Crippen molar-refractivity contribution in [1.29, 1.82) is 0 Å². The molecular formula is C25H25N5O3. The summed E-state index contributed by atoms with van der Waals surface area (Å²) in [6.07, 6.45) is 9.62. The van der Waals surface area contributed by atoms with Gasteiger partial charge in [0, 0.05) is 36.6 Å². The van der Waals surface area contributed by atoms with Crippen LogP contribution in [0, 0.1) is 5.92 Å². The van der Waals surface area contributed by atoms with Crippen molar-refractivity contribution in [2.45, 2.75) is 38.2 Å². The van der Waals surface area contributed by atoms with Gasteiger partial charge in [-0.1, -0.05) is 12.1 Å². The molecule has 8 heteroatoms. The van der Waals surface area contributed by atoms with Gasteiger partial charge >= 0.3 is 5.97 Å². The minimum absolute atomic E-state index is 0.122. The van der Waals surface area contributed by atoms with Crippen LogP contribution in [0.15, 0.2) is 55.0 Å². The van der Waals surface area contributed by atoms with Crippen molar-refractivity contribution in [2.24, 2.45) is 5.92 Å². The largest absolute Gasteiger partial charge is 0.474 e. The summed E-state index contributed by atoms with van der Waals surface area (Å²) in [5.74, 6) is 2.18. The molecule has 0 saturated heterocycles. The van der Waals surface area contributed by atoms with Crippen molar-refractivity contribution >= 4 is 17.0 Å². The van der Waals surface area contributed by atoms with E-state index < -0.39 is 0 Å². The Labute approximate surface area is 191 Å². The minimum atomic E-state index is -0.135. The van der Waals surface area contributed by atoms with Gasteiger partial charge < -0.3 is 14.5 Å². The van der Waals surface area contributed by atoms with Gasteiger partial charge in [0.05, 0.1) is 23.7 Å². The van der Waals surface area contributed by atoms with E-state index in [1.807, 2.05) is 36.4 Å². The van der Waals surface area contributed by atoms with Crippen LogP contribution in [0.25, 0.3) is 33.8 Å². The molecule has 0 bridgehead atoms. The Hall–Kier alpha value is -3.81. The lowest BCUT2D eigenvalue weighted by atomic mass is 9.85. The smallest absolute Gasteiger partial charge is 0.305 e. The van der Waals surface area contributed by atoms with E-state index in [2.05, 4.69) is 24.9 Å². The summed E-state index contributed by atoms with van der Waals surface area (Å²) in [6, 6.07) is 11.7. The third kappa shape index (κ3) is 4.84. The van der Waals surface area contributed by atoms with Crippen LogP contribution in [0.4, 0.5) is 0 Å². The van der Waals surface area contributed by atoms with Crippen molar-refractivity contribution in [1.82, 2.24) is 24.9 Å². The highest BCUT2D eigenvalue weighted by Crippen LogP contribution is 2.30. The first kappa shape index (κ1) is 21.1. The molecule has 1 N–H and O–H groups in total. The van der Waals surface area contributed by atoms with E-state index in [9.17, 15) is 4.79 Å². The molecular weight excluding hydrogens is 418 g/mol. The van der Waals surface area contributed by atoms with Crippen molar-refractivity contribution in [3.05, 3.63) is 55.0 Å². The quantitative estimate of drug-likeness (QED) is 0.435. The maximum atomic E-state index is 11.5. The first-order valence-electron chi connectivity index (χ1n) is 11.1. The summed E-state index contributed by atoms with van der Waals surface area (Å²) in [5, 5.41) is 0. The zero-order chi connectivity index (χ0) is 22.6. The highest BCUT2D eigenvalue weighted by Gasteiger charge is 2.24. The minimum Gasteiger partial charge on any atom is -0.474 e. The molecule has 3 heterocycles. The summed E-state index contributed by atoms with van der Waals surface area (Å²) in [4.78, 5) is 32.8. The lowest BCUT2D eigenvalue weighted by Crippen LogP contribution is -2.25. The fraction of sp³-hybridized carbons (Fsp3) is 0.320. The second-order valence-electron chi connectivity index (χ2n) is 8.32. The van der Waals surface area contributed by atoms with E-state index >= 15 is 0 Å². The molecule has 1 aromatic carbocycles. The number of aromatic nitrogens is 5. The molecule has 0 radical (unpaired) electrons. The van der Waals surface area contributed by atoms with Crippen molar-refractivity contribution < 1.29 is 14.3 Å². The van der Waals surface area contributed by atoms with Gasteiger partial charge in [0.25, 0.3) is 0 Å². The van der Waals surface area contributed by atoms with Crippen LogP contribution >= 0.6 is 0 Å². The molecule has 4 aromatic rings. The van der Waals surface area contributed by atoms with Crippen molar-refractivity contribution in [3.63, 3.8) is 0 Å². The van der Waals surface area contributed by atoms with Crippen LogP contribution in [0.3, 0.4) is 0 Å². The van der Waals surface area contributed by atoms with Crippen molar-refractivity contribution in [3.8, 4) is 28.7 Å². The summed E-state index contributed by atoms with van der Waals surface area (Å²) in [6.45, 7) is 0. The molecule has 1 fully saturated rings. The lowest BCUT2D eigenvalue weighted by molar-refractivity contribution is -0.142. The van der Waals surface area contributed by atoms with E-state index in [0.717, 1.165) is 53.7 Å². The predicted molar refractivity (Wildman–Crippen MR) is 123 cm³/mol. The summed E-state index contributed by atoms with van der Waals surface area (Å²) >= 11 is 0. The number of nitrogens with zero attached hydrogens (tertiary/aromatic N) is 4. The number of hydrogen-bond acceptors (Lipinski definition) is 7. The number of benzene rings is 1. The number of esters is 1. The van der Waals surface area contributed by atoms with E-state index in [1.165, 1.54) is 7.11 Å². The van der Waals surface area contributed by atoms with Crippen molar-refractivity contribution in [2.75, 3.05) is 7.11 Å². The Morgan fingerprint density at radius 3 is 2.42 bits per heavy atom. The average Bonchev–Trinajstić information content (AvgIpc) is 3.30. The topological polar surface area (TPSA) is 103 Å². The van der Waals surface area contributed by atoms with Crippen LogP contribution in [0.5, 0.6) is 5.88 Å². The van der Waals surface area contributed by atoms with Gasteiger partial charge in [-0.15, -0.1) is 0 Å². The molecule has 0 unspecified atom stereocenters. The summed E-state index contributed by atoms with van der Waals surface area (Å²) < 4.78 is 10.8. The van der Waals surface area contributed by atoms with Crippen LogP contribution in [-0.2, 0) is 9.53 Å². The van der Waals surface area contributed by atoms with Crippen LogP contribution in [0.2, 0.25) is 0 Å². The third-order valence-electron chi connectivity index (χ3n) is 6.07. The number of para-hydroxylation sites is 2. The fourth-order valence-corrected chi connectivity index (χ4v) is 4.21. The number of aromatic amines is 1. The first-order chi connectivity index (χ1) is 16.2. The van der Waals surface area contributed by atoms with Gasteiger partial charge in [0.15, 0.2) is 5.82 Å². The molecule has 8 nitrogen and oxygen atoms in total. The van der Waals surface area contributed by atoms with E-state index in [1.54, 1.807) is 18.6 Å². The SMILES string of the molecule is COC(=O)C[C@H]1CC[C@H](Oc2ccc(-c3ncc(-c4nc5ccccc5[nH]4)cn3)cn2)CC1. The first-order valence-corrected chi connectivity index (χ1v) is 11.1. The summed E-state index contributed by atoms with van der Waals surface area (Å²) in [7, 11) is 1.44. The molecule has 5 rings (SSSR count). The highest BCUT2D eigenvalue weighted by molar-refractivity contribution is 5.79. The molecule has 0 spiro atoms. The zero-order valence-corrected chi connectivity index (χ0v) is 18.4. The molecule has 0 atom stereocenters. The molecule has 0 amide bonds. The van der Waals surface area contributed by atoms with E-state index in [4.69, 9.17) is 9.47 Å². The number of carbonyl (C=O) groups excluding carboxylic acids is 1. The zero-order valence-electron chi connectivity index (χ0n) is 18.4. The van der Waals surface area contributed by atoms with Gasteiger partial charge in [-0.2, -0.15) is 0 Å². The Morgan fingerprint density at radius 2 is 1.73 bits per heavy atom. The number of fused-ring (bicyclic) bond motifs is 1. The Bertz CT molecular complexity index is 1200. The number of carbonyl (C=O) groups is 1. The van der Waals surface area contributed by atoms with Gasteiger partial charge in [0.1, 0.15) is 11.9 Å². The van der Waals surface area contributed by atoms with E-state index in [0.29, 0.717) is 24.0 Å². The third-order valence-corrected chi connectivity index (χ3v) is 6.07. The number of ether oxygens (including phenoxy) is 2. The van der Waals surface area contributed by atoms with Gasteiger partial charge in [-0.3, -0.25) is 4.79 Å². The number of rotatable bonds is 6. The van der Waals surface area contributed by atoms with Gasteiger partial charge in [-0.25, -0.2) is 19.9 Å². The Kier molecular flexibility index (Phi) is 5.97. The number of methoxy groups -OCH3 is 1. The number of nitrogens with one attached hydrogen (secondary N) is 1. The van der Waals surface area contributed by atoms with Gasteiger partial charge in [-0.05, 0) is 49.8 Å². The number of imidazole rings is 1. The monoisotopic (exact) mass is 443 g/mol. The summed E-state index contributed by atoms with van der Waals surface area (Å²) in [5.41, 5.74) is 3.53. The molecule has 33 heavy (non-hydrogen) atoms. The van der Waals surface area contributed by atoms with Gasteiger partial charge in [0.2, 0.25) is 5.88 Å². The normalized spacial score (nSPS) is 18.2. The fourth-order valence-electron chi connectivity index (χ4n) is 4.21. The van der Waals surface area contributed by atoms with Crippen LogP contribution < -0.4 is 4.74 Å². The molecule has 168 valence electrons. The second kappa shape index (κ2) is 9.36. The van der Waals surface area contributed by atoms with Crippen LogP contribution in [-0.4, -0.2) is 44.1 Å². The second-order valence-corrected chi connectivity index (χ2v) is 8.32. The molecule has 0 aliphatic heterocycles. The molecule has 1 saturated carbocycles. The Balaban J connectivity index is 1.19. The Morgan fingerprint density at radius 1 is 0.970 bits per heavy atom. The standard InChI is InChI=1S/C25H25N5O3/c1-32-23(31)12-16-6-9-19(10-7-16)33-22-11-8-17(13-26-22)24-27-14-18(15-28-24)25-29-20-4-2-3-5-21(20)30-25/h2-5,8,11,13-16,19H,6-7,9-10,12H2,1H3,(H,29,30)/t16-,19-. The number of H-pyrrole nitrogens is 1.